The van der Waals surface area contributed by atoms with Gasteiger partial charge in [0.15, 0.2) is 10.9 Å². The van der Waals surface area contributed by atoms with Gasteiger partial charge in [0.1, 0.15) is 0 Å². The van der Waals surface area contributed by atoms with E-state index in [1.54, 1.807) is 13.8 Å². The number of nitrogens with zero attached hydrogens (tertiary/aromatic N) is 4. The Balaban J connectivity index is 2.47. The lowest BCUT2D eigenvalue weighted by molar-refractivity contribution is 0.449. The van der Waals surface area contributed by atoms with E-state index in [2.05, 4.69) is 18.7 Å². The van der Waals surface area contributed by atoms with E-state index >= 15 is 0 Å². The minimum absolute atomic E-state index is 0.114. The van der Waals surface area contributed by atoms with Crippen LogP contribution in [0.1, 0.15) is 11.4 Å². The molecule has 9 heteroatoms. The number of hydrogen-bond donors (Lipinski definition) is 0. The van der Waals surface area contributed by atoms with Crippen molar-refractivity contribution in [1.82, 2.24) is 18.7 Å². The van der Waals surface area contributed by atoms with Crippen LogP contribution >= 0.6 is 34.9 Å². The summed E-state index contributed by atoms with van der Waals surface area (Å²) >= 11 is 12.1. The molecule has 0 aromatic carbocycles. The molecule has 0 aliphatic heterocycles. The van der Waals surface area contributed by atoms with Gasteiger partial charge in [-0.1, -0.05) is 11.6 Å². The van der Waals surface area contributed by atoms with Crippen LogP contribution in [0.4, 0.5) is 0 Å². The average Bonchev–Trinajstić information content (AvgIpc) is 2.28. The summed E-state index contributed by atoms with van der Waals surface area (Å²) < 4.78 is 12.7. The van der Waals surface area contributed by atoms with E-state index in [0.29, 0.717) is 17.1 Å². The number of aromatic nitrogens is 4. The van der Waals surface area contributed by atoms with Crippen LogP contribution in [-0.4, -0.2) is 18.7 Å². The maximum atomic E-state index is 11.6. The fourth-order valence-electron chi connectivity index (χ4n) is 1.24. The van der Waals surface area contributed by atoms with Crippen LogP contribution < -0.4 is 10.2 Å². The number of aryl methyl sites for hydroxylation is 2. The maximum absolute atomic E-state index is 11.6. The molecule has 0 aliphatic rings. The van der Waals surface area contributed by atoms with Gasteiger partial charge in [-0.25, -0.2) is 9.97 Å². The third-order valence-electron chi connectivity index (χ3n) is 2.00. The molecule has 0 saturated carbocycles. The van der Waals surface area contributed by atoms with Crippen molar-refractivity contribution in [3.8, 4) is 11.6 Å². The van der Waals surface area contributed by atoms with Crippen LogP contribution in [0.25, 0.3) is 0 Å². The fraction of sp³-hybridized carbons (Fsp3) is 0.222. The lowest BCUT2D eigenvalue weighted by Crippen LogP contribution is -2.09. The number of hydrogen-bond acceptors (Lipinski definition) is 7. The van der Waals surface area contributed by atoms with Crippen molar-refractivity contribution >= 4 is 34.9 Å². The molecular weight excluding hydrogens is 299 g/mol. The molecule has 0 amide bonds. The summed E-state index contributed by atoms with van der Waals surface area (Å²) in [5.41, 5.74) is 0.433. The highest BCUT2D eigenvalue weighted by atomic mass is 35.5. The second-order valence-electron chi connectivity index (χ2n) is 3.28. The van der Waals surface area contributed by atoms with E-state index in [0.717, 1.165) is 11.7 Å². The van der Waals surface area contributed by atoms with Gasteiger partial charge in [0.2, 0.25) is 5.28 Å². The van der Waals surface area contributed by atoms with Gasteiger partial charge >= 0.3 is 0 Å². The Morgan fingerprint density at radius 3 is 2.33 bits per heavy atom. The number of ether oxygens (including phenoxy) is 1. The molecule has 2 rings (SSSR count). The minimum atomic E-state index is -0.579. The smallest absolute Gasteiger partial charge is 0.283 e. The Bertz CT molecular complexity index is 638. The number of halogens is 2. The van der Waals surface area contributed by atoms with Crippen molar-refractivity contribution in [2.75, 3.05) is 0 Å². The lowest BCUT2D eigenvalue weighted by atomic mass is 10.3. The molecule has 2 aromatic rings. The molecule has 6 nitrogen and oxygen atoms in total. The van der Waals surface area contributed by atoms with Crippen LogP contribution in [0.15, 0.2) is 4.79 Å². The van der Waals surface area contributed by atoms with Gasteiger partial charge in [-0.05, 0) is 25.4 Å². The van der Waals surface area contributed by atoms with Gasteiger partial charge in [-0.15, -0.1) is 4.37 Å². The van der Waals surface area contributed by atoms with Crippen molar-refractivity contribution in [2.24, 2.45) is 0 Å². The molecule has 0 atom stereocenters. The zero-order valence-corrected chi connectivity index (χ0v) is 11.6. The van der Waals surface area contributed by atoms with Gasteiger partial charge in [-0.2, -0.15) is 4.37 Å². The zero-order valence-electron chi connectivity index (χ0n) is 9.27. The molecule has 0 spiro atoms. The van der Waals surface area contributed by atoms with E-state index < -0.39 is 5.43 Å². The Morgan fingerprint density at radius 2 is 1.72 bits per heavy atom. The Hall–Kier alpha value is -1.31. The summed E-state index contributed by atoms with van der Waals surface area (Å²) in [6.45, 7) is 3.37. The topological polar surface area (TPSA) is 77.9 Å². The first-order valence-electron chi connectivity index (χ1n) is 4.70. The van der Waals surface area contributed by atoms with E-state index in [1.165, 1.54) is 0 Å². The molecule has 0 bridgehead atoms. The molecule has 0 unspecified atom stereocenters. The number of rotatable bonds is 2. The van der Waals surface area contributed by atoms with E-state index in [-0.39, 0.29) is 16.3 Å². The zero-order chi connectivity index (χ0) is 13.3. The third-order valence-corrected chi connectivity index (χ3v) is 3.04. The second kappa shape index (κ2) is 5.13. The normalized spacial score (nSPS) is 10.4. The molecule has 2 aromatic heterocycles. The minimum Gasteiger partial charge on any atom is -0.431 e. The molecular formula is C9H6Cl2N4O2S. The lowest BCUT2D eigenvalue weighted by Gasteiger charge is -2.08. The average molecular weight is 305 g/mol. The highest BCUT2D eigenvalue weighted by Gasteiger charge is 2.14. The largest absolute Gasteiger partial charge is 0.431 e. The van der Waals surface area contributed by atoms with Crippen LogP contribution in [0.5, 0.6) is 11.6 Å². The van der Waals surface area contributed by atoms with Gasteiger partial charge < -0.3 is 4.74 Å². The fourth-order valence-corrected chi connectivity index (χ4v) is 2.06. The summed E-state index contributed by atoms with van der Waals surface area (Å²) in [6.07, 6.45) is 0. The standard InChI is InChI=1S/C9H6Cl2N4O2S/c1-3-6(4(2)13-9(11)12-3)17-8-5(16)7(10)14-18-15-8/h1-2H3. The predicted molar refractivity (Wildman–Crippen MR) is 67.8 cm³/mol. The van der Waals surface area contributed by atoms with E-state index in [4.69, 9.17) is 27.9 Å². The van der Waals surface area contributed by atoms with Gasteiger partial charge in [0, 0.05) is 0 Å². The Morgan fingerprint density at radius 1 is 1.11 bits per heavy atom. The molecule has 0 fully saturated rings. The first-order chi connectivity index (χ1) is 8.49. The van der Waals surface area contributed by atoms with Crippen LogP contribution in [-0.2, 0) is 0 Å². The highest BCUT2D eigenvalue weighted by Crippen LogP contribution is 2.25. The molecule has 2 heterocycles. The van der Waals surface area contributed by atoms with Crippen LogP contribution in [0, 0.1) is 13.8 Å². The van der Waals surface area contributed by atoms with Gasteiger partial charge in [0.25, 0.3) is 11.3 Å². The summed E-state index contributed by atoms with van der Waals surface area (Å²) in [4.78, 5) is 19.5. The maximum Gasteiger partial charge on any atom is 0.283 e. The predicted octanol–water partition coefficient (Wildman–Crippen LogP) is 2.40. The summed E-state index contributed by atoms with van der Waals surface area (Å²) in [5, 5.41) is -0.0709. The summed E-state index contributed by atoms with van der Waals surface area (Å²) in [6, 6.07) is 0. The summed E-state index contributed by atoms with van der Waals surface area (Å²) in [7, 11) is 0. The summed E-state index contributed by atoms with van der Waals surface area (Å²) in [5.74, 6) is 0.176. The molecule has 0 saturated heterocycles. The van der Waals surface area contributed by atoms with Crippen LogP contribution in [0.3, 0.4) is 0 Å². The third kappa shape index (κ3) is 2.58. The van der Waals surface area contributed by atoms with Crippen molar-refractivity contribution in [2.45, 2.75) is 13.8 Å². The van der Waals surface area contributed by atoms with Crippen molar-refractivity contribution in [3.63, 3.8) is 0 Å². The van der Waals surface area contributed by atoms with Crippen molar-refractivity contribution in [1.29, 1.82) is 0 Å². The first kappa shape index (κ1) is 13.1. The quantitative estimate of drug-likeness (QED) is 0.793. The monoisotopic (exact) mass is 304 g/mol. The second-order valence-corrected chi connectivity index (χ2v) is 4.51. The van der Waals surface area contributed by atoms with Gasteiger partial charge in [-0.3, -0.25) is 4.79 Å². The van der Waals surface area contributed by atoms with Crippen molar-refractivity contribution < 1.29 is 4.74 Å². The Kier molecular flexibility index (Phi) is 3.74. The molecule has 18 heavy (non-hydrogen) atoms. The van der Waals surface area contributed by atoms with E-state index in [9.17, 15) is 4.79 Å². The molecule has 0 N–H and O–H groups in total. The highest BCUT2D eigenvalue weighted by molar-refractivity contribution is 6.99. The van der Waals surface area contributed by atoms with Gasteiger partial charge in [0.05, 0.1) is 23.1 Å². The molecule has 0 aliphatic carbocycles. The van der Waals surface area contributed by atoms with Crippen molar-refractivity contribution in [3.05, 3.63) is 32.0 Å². The Labute approximate surface area is 116 Å². The molecule has 0 radical (unpaired) electrons. The SMILES string of the molecule is Cc1nc(Cl)nc(C)c1Oc1nsnc(Cl)c1=O. The first-order valence-corrected chi connectivity index (χ1v) is 6.18. The molecule has 94 valence electrons. The van der Waals surface area contributed by atoms with E-state index in [1.807, 2.05) is 0 Å². The van der Waals surface area contributed by atoms with Crippen LogP contribution in [0.2, 0.25) is 10.4 Å².